The van der Waals surface area contributed by atoms with Crippen molar-refractivity contribution in [1.82, 2.24) is 35.5 Å². The van der Waals surface area contributed by atoms with Gasteiger partial charge in [-0.3, -0.25) is 19.9 Å². The summed E-state index contributed by atoms with van der Waals surface area (Å²) in [6.45, 7) is 0.542. The minimum Gasteiger partial charge on any atom is -0.335 e. The van der Waals surface area contributed by atoms with E-state index >= 15 is 0 Å². The zero-order chi connectivity index (χ0) is 30.0. The lowest BCUT2D eigenvalue weighted by Crippen LogP contribution is -2.14. The summed E-state index contributed by atoms with van der Waals surface area (Å²) < 4.78 is 14.5. The first kappa shape index (κ1) is 27.1. The molecule has 0 atom stereocenters. The summed E-state index contributed by atoms with van der Waals surface area (Å²) in [5, 5.41) is 14.5. The van der Waals surface area contributed by atoms with E-state index in [9.17, 15) is 9.18 Å². The van der Waals surface area contributed by atoms with Gasteiger partial charge in [-0.05, 0) is 65.7 Å². The van der Waals surface area contributed by atoms with Crippen LogP contribution in [0.2, 0.25) is 0 Å². The van der Waals surface area contributed by atoms with Crippen molar-refractivity contribution in [3.05, 3.63) is 115 Å². The summed E-state index contributed by atoms with van der Waals surface area (Å²) in [4.78, 5) is 29.6. The van der Waals surface area contributed by atoms with Gasteiger partial charge in [-0.15, -0.1) is 0 Å². The van der Waals surface area contributed by atoms with E-state index < -0.39 is 0 Å². The van der Waals surface area contributed by atoms with Gasteiger partial charge in [-0.25, -0.2) is 9.37 Å². The van der Waals surface area contributed by atoms with Crippen molar-refractivity contribution >= 4 is 33.5 Å². The number of carbonyl (C=O) groups is 1. The molecule has 0 saturated carbocycles. The Morgan fingerprint density at radius 3 is 2.57 bits per heavy atom. The van der Waals surface area contributed by atoms with Gasteiger partial charge < -0.3 is 15.6 Å². The fraction of sp³-hybridized carbons (Fsp3) is 0.0882. The maximum Gasteiger partial charge on any atom is 0.228 e. The van der Waals surface area contributed by atoms with Gasteiger partial charge >= 0.3 is 0 Å². The molecule has 0 spiro atoms. The molecular weight excluding hydrogens is 555 g/mol. The predicted molar refractivity (Wildman–Crippen MR) is 169 cm³/mol. The van der Waals surface area contributed by atoms with Gasteiger partial charge in [0.15, 0.2) is 5.82 Å². The molecule has 0 fully saturated rings. The van der Waals surface area contributed by atoms with Crippen LogP contribution in [-0.4, -0.2) is 43.1 Å². The molecule has 0 aliphatic carbocycles. The van der Waals surface area contributed by atoms with Crippen LogP contribution in [0, 0.1) is 5.82 Å². The third kappa shape index (κ3) is 5.41. The van der Waals surface area contributed by atoms with E-state index in [2.05, 4.69) is 35.8 Å². The Bertz CT molecular complexity index is 2140. The van der Waals surface area contributed by atoms with Gasteiger partial charge in [0.25, 0.3) is 0 Å². The SMILES string of the molecule is CNCc1cc(F)cc(-c2cncc3[nH]c(-c4n[nH]c5ccc(-c6cncc(NC(=O)Cc7ccccc7)c6)cc45)nc23)c1. The molecule has 4 N–H and O–H groups in total. The number of pyridine rings is 2. The second kappa shape index (κ2) is 11.5. The number of aromatic nitrogens is 6. The average Bonchev–Trinajstić information content (AvgIpc) is 3.65. The number of fused-ring (bicyclic) bond motifs is 2. The van der Waals surface area contributed by atoms with Crippen molar-refractivity contribution in [1.29, 1.82) is 0 Å². The van der Waals surface area contributed by atoms with E-state index in [1.807, 2.05) is 67.7 Å². The summed E-state index contributed by atoms with van der Waals surface area (Å²) in [7, 11) is 1.82. The summed E-state index contributed by atoms with van der Waals surface area (Å²) in [6.07, 6.45) is 7.07. The number of benzene rings is 3. The van der Waals surface area contributed by atoms with Crippen molar-refractivity contribution in [3.8, 4) is 33.8 Å². The molecule has 44 heavy (non-hydrogen) atoms. The van der Waals surface area contributed by atoms with Crippen LogP contribution >= 0.6 is 0 Å². The first-order valence-electron chi connectivity index (χ1n) is 14.1. The molecule has 0 bridgehead atoms. The lowest BCUT2D eigenvalue weighted by Gasteiger charge is -2.08. The number of hydrogen-bond donors (Lipinski definition) is 4. The molecule has 4 heterocycles. The third-order valence-corrected chi connectivity index (χ3v) is 7.39. The molecule has 4 aromatic heterocycles. The number of nitrogens with zero attached hydrogens (tertiary/aromatic N) is 4. The maximum absolute atomic E-state index is 14.5. The molecule has 7 aromatic rings. The van der Waals surface area contributed by atoms with Gasteiger partial charge in [0, 0.05) is 35.5 Å². The van der Waals surface area contributed by atoms with E-state index in [4.69, 9.17) is 4.98 Å². The Labute approximate surface area is 251 Å². The monoisotopic (exact) mass is 582 g/mol. The Kier molecular flexibility index (Phi) is 7.09. The number of imidazole rings is 1. The summed E-state index contributed by atoms with van der Waals surface area (Å²) in [5.74, 6) is 0.128. The van der Waals surface area contributed by atoms with Gasteiger partial charge in [0.1, 0.15) is 11.5 Å². The Morgan fingerprint density at radius 2 is 1.70 bits per heavy atom. The fourth-order valence-electron chi connectivity index (χ4n) is 5.40. The van der Waals surface area contributed by atoms with Gasteiger partial charge in [0.05, 0.1) is 41.1 Å². The summed E-state index contributed by atoms with van der Waals surface area (Å²) in [6, 6.07) is 22.4. The van der Waals surface area contributed by atoms with Crippen molar-refractivity contribution in [2.75, 3.05) is 12.4 Å². The van der Waals surface area contributed by atoms with Crippen LogP contribution in [0.4, 0.5) is 10.1 Å². The van der Waals surface area contributed by atoms with E-state index in [0.29, 0.717) is 40.3 Å². The molecule has 9 nitrogen and oxygen atoms in total. The van der Waals surface area contributed by atoms with Crippen molar-refractivity contribution in [2.45, 2.75) is 13.0 Å². The molecule has 0 unspecified atom stereocenters. The number of H-pyrrole nitrogens is 2. The van der Waals surface area contributed by atoms with Gasteiger partial charge in [-0.2, -0.15) is 5.10 Å². The maximum atomic E-state index is 14.5. The van der Waals surface area contributed by atoms with Crippen LogP contribution in [0.5, 0.6) is 0 Å². The van der Waals surface area contributed by atoms with Gasteiger partial charge in [-0.1, -0.05) is 36.4 Å². The van der Waals surface area contributed by atoms with E-state index in [1.54, 1.807) is 24.8 Å². The highest BCUT2D eigenvalue weighted by molar-refractivity contribution is 5.98. The van der Waals surface area contributed by atoms with E-state index in [-0.39, 0.29) is 18.1 Å². The number of anilines is 1. The molecule has 216 valence electrons. The number of aromatic amines is 2. The topological polar surface area (TPSA) is 124 Å². The second-order valence-electron chi connectivity index (χ2n) is 10.6. The summed E-state index contributed by atoms with van der Waals surface area (Å²) in [5.41, 5.74) is 8.42. The highest BCUT2D eigenvalue weighted by Gasteiger charge is 2.17. The fourth-order valence-corrected chi connectivity index (χ4v) is 5.40. The second-order valence-corrected chi connectivity index (χ2v) is 10.6. The number of halogens is 1. The van der Waals surface area contributed by atoms with Crippen LogP contribution in [0.3, 0.4) is 0 Å². The van der Waals surface area contributed by atoms with Crippen LogP contribution < -0.4 is 10.6 Å². The molecule has 10 heteroatoms. The minimum atomic E-state index is -0.319. The predicted octanol–water partition coefficient (Wildman–Crippen LogP) is 6.27. The molecule has 0 radical (unpaired) electrons. The van der Waals surface area contributed by atoms with Gasteiger partial charge in [0.2, 0.25) is 5.91 Å². The van der Waals surface area contributed by atoms with E-state index in [1.165, 1.54) is 12.1 Å². The van der Waals surface area contributed by atoms with E-state index in [0.717, 1.165) is 38.7 Å². The average molecular weight is 583 g/mol. The van der Waals surface area contributed by atoms with Crippen LogP contribution in [0.15, 0.2) is 97.6 Å². The quantitative estimate of drug-likeness (QED) is 0.167. The Hall–Kier alpha value is -5.74. The molecule has 0 saturated heterocycles. The standard InChI is InChI=1S/C34H27FN8O/c1-36-15-21-9-23(12-25(35)10-21)28-18-38-19-30-32(28)41-34(40-30)33-27-14-22(7-8-29(27)42-43-33)24-13-26(17-37-16-24)39-31(44)11-20-5-3-2-4-6-20/h2-10,12-14,16-19,36H,11,15H2,1H3,(H,39,44)(H,40,41)(H,42,43). The first-order valence-corrected chi connectivity index (χ1v) is 14.1. The third-order valence-electron chi connectivity index (χ3n) is 7.39. The van der Waals surface area contributed by atoms with Crippen molar-refractivity contribution < 1.29 is 9.18 Å². The molecule has 7 rings (SSSR count). The number of carbonyl (C=O) groups excluding carboxylic acids is 1. The van der Waals surface area contributed by atoms with Crippen LogP contribution in [0.1, 0.15) is 11.1 Å². The summed E-state index contributed by atoms with van der Waals surface area (Å²) >= 11 is 0. The Balaban J connectivity index is 1.21. The van der Waals surface area contributed by atoms with Crippen LogP contribution in [-0.2, 0) is 17.8 Å². The lowest BCUT2D eigenvalue weighted by atomic mass is 10.0. The smallest absolute Gasteiger partial charge is 0.228 e. The number of amides is 1. The van der Waals surface area contributed by atoms with Crippen molar-refractivity contribution in [2.24, 2.45) is 0 Å². The molecular formula is C34H27FN8O. The zero-order valence-electron chi connectivity index (χ0n) is 23.7. The highest BCUT2D eigenvalue weighted by atomic mass is 19.1. The van der Waals surface area contributed by atoms with Crippen LogP contribution in [0.25, 0.3) is 55.7 Å². The first-order chi connectivity index (χ1) is 21.5. The number of hydrogen-bond acceptors (Lipinski definition) is 6. The normalized spacial score (nSPS) is 11.3. The minimum absolute atomic E-state index is 0.113. The largest absolute Gasteiger partial charge is 0.335 e. The highest BCUT2D eigenvalue weighted by Crippen LogP contribution is 2.33. The molecule has 3 aromatic carbocycles. The molecule has 0 aliphatic heterocycles. The zero-order valence-corrected chi connectivity index (χ0v) is 23.7. The number of rotatable bonds is 8. The molecule has 1 amide bonds. The Morgan fingerprint density at radius 1 is 0.841 bits per heavy atom. The van der Waals surface area contributed by atoms with Crippen molar-refractivity contribution in [3.63, 3.8) is 0 Å². The number of nitrogens with one attached hydrogen (secondary N) is 4. The lowest BCUT2D eigenvalue weighted by molar-refractivity contribution is -0.115. The molecule has 0 aliphatic rings.